The van der Waals surface area contributed by atoms with Crippen molar-refractivity contribution in [2.45, 2.75) is 12.8 Å². The van der Waals surface area contributed by atoms with Gasteiger partial charge in [0.2, 0.25) is 5.91 Å². The van der Waals surface area contributed by atoms with Crippen molar-refractivity contribution in [3.8, 4) is 11.8 Å². The van der Waals surface area contributed by atoms with Crippen molar-refractivity contribution in [2.24, 2.45) is 0 Å². The number of rotatable bonds is 5. The monoisotopic (exact) mass is 288 g/mol. The Labute approximate surface area is 125 Å². The van der Waals surface area contributed by atoms with E-state index in [0.717, 1.165) is 0 Å². The van der Waals surface area contributed by atoms with E-state index < -0.39 is 0 Å². The van der Waals surface area contributed by atoms with Crippen LogP contribution >= 0.6 is 0 Å². The fourth-order valence-electron chi connectivity index (χ4n) is 1.61. The predicted molar refractivity (Wildman–Crippen MR) is 80.7 cm³/mol. The highest BCUT2D eigenvalue weighted by Gasteiger charge is 2.10. The molecule has 0 aliphatic carbocycles. The van der Waals surface area contributed by atoms with Gasteiger partial charge in [-0.1, -0.05) is 24.0 Å². The van der Waals surface area contributed by atoms with E-state index in [9.17, 15) is 9.59 Å². The first-order valence-electron chi connectivity index (χ1n) is 6.73. The Morgan fingerprint density at radius 3 is 2.67 bits per heavy atom. The van der Waals surface area contributed by atoms with E-state index in [0.29, 0.717) is 17.5 Å². The maximum absolute atomic E-state index is 12.1. The summed E-state index contributed by atoms with van der Waals surface area (Å²) in [5, 5.41) is 11.4. The van der Waals surface area contributed by atoms with Crippen LogP contribution in [-0.4, -0.2) is 49.1 Å². The molecule has 0 saturated heterocycles. The maximum Gasteiger partial charge on any atom is 0.252 e. The molecule has 0 bridgehead atoms. The summed E-state index contributed by atoms with van der Waals surface area (Å²) in [6.07, 6.45) is 0.629. The number of nitrogens with zero attached hydrogens (tertiary/aromatic N) is 1. The number of carbonyl (C=O) groups excluding carboxylic acids is 2. The zero-order valence-corrected chi connectivity index (χ0v) is 12.3. The molecule has 0 aliphatic heterocycles. The third-order valence-corrected chi connectivity index (χ3v) is 2.75. The van der Waals surface area contributed by atoms with Crippen LogP contribution in [0.15, 0.2) is 24.3 Å². The van der Waals surface area contributed by atoms with Crippen molar-refractivity contribution < 1.29 is 14.7 Å². The van der Waals surface area contributed by atoms with E-state index >= 15 is 0 Å². The summed E-state index contributed by atoms with van der Waals surface area (Å²) in [6.45, 7) is 0.280. The number of carbonyl (C=O) groups is 2. The molecule has 0 spiro atoms. The molecule has 0 radical (unpaired) electrons. The van der Waals surface area contributed by atoms with Gasteiger partial charge in [0.25, 0.3) is 5.91 Å². The molecule has 0 saturated carbocycles. The van der Waals surface area contributed by atoms with E-state index in [1.807, 2.05) is 0 Å². The highest BCUT2D eigenvalue weighted by molar-refractivity contribution is 5.96. The molecule has 2 N–H and O–H groups in total. The van der Waals surface area contributed by atoms with Crippen molar-refractivity contribution in [3.63, 3.8) is 0 Å². The Hall–Kier alpha value is -2.32. The molecule has 0 atom stereocenters. The van der Waals surface area contributed by atoms with Crippen LogP contribution in [0.5, 0.6) is 0 Å². The number of amides is 2. The van der Waals surface area contributed by atoms with Crippen LogP contribution in [0.2, 0.25) is 0 Å². The van der Waals surface area contributed by atoms with Crippen LogP contribution in [0.1, 0.15) is 28.8 Å². The molecular weight excluding hydrogens is 268 g/mol. The van der Waals surface area contributed by atoms with Gasteiger partial charge in [0.1, 0.15) is 0 Å². The van der Waals surface area contributed by atoms with Gasteiger partial charge in [0, 0.05) is 39.0 Å². The van der Waals surface area contributed by atoms with Crippen LogP contribution in [0, 0.1) is 11.8 Å². The lowest BCUT2D eigenvalue weighted by Gasteiger charge is -2.11. The first-order valence-corrected chi connectivity index (χ1v) is 6.73. The van der Waals surface area contributed by atoms with Crippen molar-refractivity contribution in [1.82, 2.24) is 10.2 Å². The van der Waals surface area contributed by atoms with Crippen LogP contribution < -0.4 is 5.32 Å². The zero-order valence-electron chi connectivity index (χ0n) is 12.3. The number of aliphatic hydroxyl groups is 1. The second-order valence-corrected chi connectivity index (χ2v) is 4.62. The minimum absolute atomic E-state index is 0.00594. The molecule has 0 aromatic heterocycles. The van der Waals surface area contributed by atoms with E-state index in [4.69, 9.17) is 5.11 Å². The highest BCUT2D eigenvalue weighted by atomic mass is 16.2. The molecule has 0 unspecified atom stereocenters. The summed E-state index contributed by atoms with van der Waals surface area (Å²) in [4.78, 5) is 25.0. The summed E-state index contributed by atoms with van der Waals surface area (Å²) in [5.41, 5.74) is 1.09. The fraction of sp³-hybridized carbons (Fsp3) is 0.375. The van der Waals surface area contributed by atoms with Crippen LogP contribution in [0.4, 0.5) is 0 Å². The SMILES string of the molecule is CN(C)C(=O)CCNC(=O)c1ccccc1C#CCCO. The van der Waals surface area contributed by atoms with E-state index in [1.54, 1.807) is 38.4 Å². The van der Waals surface area contributed by atoms with E-state index in [2.05, 4.69) is 17.2 Å². The molecule has 5 heteroatoms. The first-order chi connectivity index (χ1) is 10.1. The molecule has 21 heavy (non-hydrogen) atoms. The largest absolute Gasteiger partial charge is 0.395 e. The molecule has 112 valence electrons. The molecule has 0 heterocycles. The number of hydrogen-bond acceptors (Lipinski definition) is 3. The minimum Gasteiger partial charge on any atom is -0.395 e. The number of benzene rings is 1. The zero-order chi connectivity index (χ0) is 15.7. The summed E-state index contributed by atoms with van der Waals surface area (Å²) in [6, 6.07) is 7.00. The van der Waals surface area contributed by atoms with Crippen molar-refractivity contribution in [3.05, 3.63) is 35.4 Å². The Bertz CT molecular complexity index is 556. The molecule has 5 nitrogen and oxygen atoms in total. The molecule has 0 aliphatic rings. The van der Waals surface area contributed by atoms with Gasteiger partial charge in [-0.3, -0.25) is 9.59 Å². The normalized spacial score (nSPS) is 9.48. The van der Waals surface area contributed by atoms with Gasteiger partial charge < -0.3 is 15.3 Å². The van der Waals surface area contributed by atoms with E-state index in [-0.39, 0.29) is 31.4 Å². The topological polar surface area (TPSA) is 69.6 Å². The lowest BCUT2D eigenvalue weighted by molar-refractivity contribution is -0.128. The predicted octanol–water partition coefficient (Wildman–Crippen LogP) is 0.629. The average molecular weight is 288 g/mol. The Kier molecular flexibility index (Phi) is 6.99. The van der Waals surface area contributed by atoms with Crippen molar-refractivity contribution >= 4 is 11.8 Å². The van der Waals surface area contributed by atoms with Crippen molar-refractivity contribution in [1.29, 1.82) is 0 Å². The second kappa shape index (κ2) is 8.77. The molecule has 2 amide bonds. The van der Waals surface area contributed by atoms with Crippen molar-refractivity contribution in [2.75, 3.05) is 27.2 Å². The van der Waals surface area contributed by atoms with Gasteiger partial charge in [0.05, 0.1) is 12.2 Å². The van der Waals surface area contributed by atoms with Crippen LogP contribution in [0.3, 0.4) is 0 Å². The fourth-order valence-corrected chi connectivity index (χ4v) is 1.61. The quantitative estimate of drug-likeness (QED) is 0.781. The van der Waals surface area contributed by atoms with Gasteiger partial charge in [-0.15, -0.1) is 0 Å². The second-order valence-electron chi connectivity index (χ2n) is 4.62. The molecule has 0 fully saturated rings. The third-order valence-electron chi connectivity index (χ3n) is 2.75. The van der Waals surface area contributed by atoms with Crippen LogP contribution in [-0.2, 0) is 4.79 Å². The smallest absolute Gasteiger partial charge is 0.252 e. The Morgan fingerprint density at radius 2 is 2.00 bits per heavy atom. The standard InChI is InChI=1S/C16H20N2O3/c1-18(2)15(20)10-11-17-16(21)14-9-4-3-7-13(14)8-5-6-12-19/h3-4,7,9,19H,6,10-12H2,1-2H3,(H,17,21). The number of hydrogen-bond donors (Lipinski definition) is 2. The summed E-state index contributed by atoms with van der Waals surface area (Å²) in [5.74, 6) is 5.37. The highest BCUT2D eigenvalue weighted by Crippen LogP contribution is 2.07. The molecule has 1 aromatic carbocycles. The first kappa shape index (κ1) is 16.7. The Morgan fingerprint density at radius 1 is 1.29 bits per heavy atom. The molecule has 1 aromatic rings. The summed E-state index contributed by atoms with van der Waals surface area (Å²) < 4.78 is 0. The molecular formula is C16H20N2O3. The maximum atomic E-state index is 12.1. The van der Waals surface area contributed by atoms with Gasteiger partial charge in [-0.25, -0.2) is 0 Å². The van der Waals surface area contributed by atoms with Gasteiger partial charge in [0.15, 0.2) is 0 Å². The number of aliphatic hydroxyl groups excluding tert-OH is 1. The summed E-state index contributed by atoms with van der Waals surface area (Å²) in [7, 11) is 3.35. The van der Waals surface area contributed by atoms with Gasteiger partial charge in [-0.05, 0) is 12.1 Å². The summed E-state index contributed by atoms with van der Waals surface area (Å²) >= 11 is 0. The third kappa shape index (κ3) is 5.67. The van der Waals surface area contributed by atoms with Crippen LogP contribution in [0.25, 0.3) is 0 Å². The van der Waals surface area contributed by atoms with Gasteiger partial charge >= 0.3 is 0 Å². The molecule has 1 rings (SSSR count). The number of nitrogens with one attached hydrogen (secondary N) is 1. The minimum atomic E-state index is -0.254. The average Bonchev–Trinajstić information content (AvgIpc) is 2.47. The lowest BCUT2D eigenvalue weighted by atomic mass is 10.1. The van der Waals surface area contributed by atoms with Gasteiger partial charge in [-0.2, -0.15) is 0 Å². The van der Waals surface area contributed by atoms with E-state index in [1.165, 1.54) is 4.90 Å². The Balaban J connectivity index is 2.66. The lowest BCUT2D eigenvalue weighted by Crippen LogP contribution is -2.30.